The SMILES string of the molecule is C[C@H]1C[NH+]2CCO[C@]2(C)O1. The fourth-order valence-electron chi connectivity index (χ4n) is 1.88. The van der Waals surface area contributed by atoms with Gasteiger partial charge in [-0.05, 0) is 6.92 Å². The van der Waals surface area contributed by atoms with Gasteiger partial charge in [-0.3, -0.25) is 14.4 Å². The molecule has 0 aromatic rings. The Morgan fingerprint density at radius 2 is 2.40 bits per heavy atom. The number of nitrogens with one attached hydrogen (secondary N) is 1. The first-order valence-corrected chi connectivity index (χ1v) is 3.88. The second kappa shape index (κ2) is 1.94. The molecule has 0 saturated carbocycles. The molecule has 3 nitrogen and oxygen atoms in total. The Labute approximate surface area is 60.9 Å². The van der Waals surface area contributed by atoms with Gasteiger partial charge in [0, 0.05) is 6.92 Å². The first-order chi connectivity index (χ1) is 4.71. The fourth-order valence-corrected chi connectivity index (χ4v) is 1.88. The molecule has 2 aliphatic heterocycles. The molecule has 2 aliphatic rings. The largest absolute Gasteiger partial charge is 0.315 e. The highest BCUT2D eigenvalue weighted by Gasteiger charge is 2.50. The number of rotatable bonds is 0. The average molecular weight is 144 g/mol. The Morgan fingerprint density at radius 3 is 3.10 bits per heavy atom. The molecule has 0 aliphatic carbocycles. The Balaban J connectivity index is 2.15. The molecule has 10 heavy (non-hydrogen) atoms. The van der Waals surface area contributed by atoms with Crippen molar-refractivity contribution in [1.29, 1.82) is 0 Å². The number of fused-ring (bicyclic) bond motifs is 1. The van der Waals surface area contributed by atoms with Crippen molar-refractivity contribution in [1.82, 2.24) is 0 Å². The minimum absolute atomic E-state index is 0.306. The number of hydrogen-bond acceptors (Lipinski definition) is 2. The van der Waals surface area contributed by atoms with Crippen LogP contribution in [0.1, 0.15) is 13.8 Å². The second-order valence-corrected chi connectivity index (χ2v) is 3.28. The van der Waals surface area contributed by atoms with Gasteiger partial charge >= 0.3 is 5.91 Å². The van der Waals surface area contributed by atoms with E-state index >= 15 is 0 Å². The maximum absolute atomic E-state index is 5.61. The molecule has 1 N–H and O–H groups in total. The van der Waals surface area contributed by atoms with Gasteiger partial charge in [0.2, 0.25) is 0 Å². The molecular formula is C7H14NO2+. The fraction of sp³-hybridized carbons (Fsp3) is 1.00. The minimum atomic E-state index is -0.306. The van der Waals surface area contributed by atoms with Crippen molar-refractivity contribution in [2.45, 2.75) is 25.9 Å². The molecule has 0 amide bonds. The molecule has 2 rings (SSSR count). The standard InChI is InChI=1S/C7H13NO2/c1-6-5-8-3-4-9-7(8,2)10-6/h6H,3-5H2,1-2H3/p+1/t6-,7+/m0/s1. The summed E-state index contributed by atoms with van der Waals surface area (Å²) in [5, 5.41) is 0. The highest BCUT2D eigenvalue weighted by molar-refractivity contribution is 4.64. The van der Waals surface area contributed by atoms with Gasteiger partial charge in [0.1, 0.15) is 25.8 Å². The van der Waals surface area contributed by atoms with Crippen LogP contribution in [0.25, 0.3) is 0 Å². The third kappa shape index (κ3) is 0.779. The molecule has 2 saturated heterocycles. The van der Waals surface area contributed by atoms with Crippen LogP contribution in [-0.2, 0) is 9.47 Å². The summed E-state index contributed by atoms with van der Waals surface area (Å²) in [6.07, 6.45) is 0.361. The Hall–Kier alpha value is -0.120. The molecular weight excluding hydrogens is 130 g/mol. The lowest BCUT2D eigenvalue weighted by Crippen LogP contribution is -3.16. The van der Waals surface area contributed by atoms with Crippen molar-refractivity contribution in [3.63, 3.8) is 0 Å². The highest BCUT2D eigenvalue weighted by Crippen LogP contribution is 2.15. The summed E-state index contributed by atoms with van der Waals surface area (Å²) in [4.78, 5) is 1.44. The second-order valence-electron chi connectivity index (χ2n) is 3.28. The van der Waals surface area contributed by atoms with E-state index in [9.17, 15) is 0 Å². The van der Waals surface area contributed by atoms with Gasteiger partial charge in [-0.2, -0.15) is 0 Å². The van der Waals surface area contributed by atoms with Gasteiger partial charge in [-0.25, -0.2) is 0 Å². The van der Waals surface area contributed by atoms with E-state index < -0.39 is 0 Å². The molecule has 0 spiro atoms. The lowest BCUT2D eigenvalue weighted by atomic mass is 10.4. The lowest BCUT2D eigenvalue weighted by molar-refractivity contribution is -0.955. The molecule has 2 heterocycles. The predicted molar refractivity (Wildman–Crippen MR) is 35.6 cm³/mol. The molecule has 58 valence electrons. The lowest BCUT2D eigenvalue weighted by Gasteiger charge is -2.19. The number of quaternary nitrogens is 1. The predicted octanol–water partition coefficient (Wildman–Crippen LogP) is -1.01. The average Bonchev–Trinajstić information content (AvgIpc) is 2.20. The molecule has 0 bridgehead atoms. The van der Waals surface area contributed by atoms with Gasteiger partial charge in [0.05, 0.1) is 0 Å². The van der Waals surface area contributed by atoms with E-state index in [0.29, 0.717) is 6.10 Å². The highest BCUT2D eigenvalue weighted by atomic mass is 16.7. The summed E-state index contributed by atoms with van der Waals surface area (Å²) in [5.41, 5.74) is 0. The van der Waals surface area contributed by atoms with E-state index in [4.69, 9.17) is 9.47 Å². The molecule has 2 fully saturated rings. The van der Waals surface area contributed by atoms with Crippen LogP contribution >= 0.6 is 0 Å². The summed E-state index contributed by atoms with van der Waals surface area (Å²) >= 11 is 0. The third-order valence-corrected chi connectivity index (χ3v) is 2.38. The van der Waals surface area contributed by atoms with E-state index in [2.05, 4.69) is 6.92 Å². The summed E-state index contributed by atoms with van der Waals surface area (Å²) in [5.74, 6) is -0.306. The zero-order valence-corrected chi connectivity index (χ0v) is 6.52. The number of ether oxygens (including phenoxy) is 2. The smallest absolute Gasteiger partial charge is 0.298 e. The molecule has 0 radical (unpaired) electrons. The summed E-state index contributed by atoms with van der Waals surface area (Å²) in [7, 11) is 0. The van der Waals surface area contributed by atoms with Crippen LogP contribution in [0.4, 0.5) is 0 Å². The van der Waals surface area contributed by atoms with Crippen LogP contribution in [0.2, 0.25) is 0 Å². The van der Waals surface area contributed by atoms with Crippen LogP contribution in [0.3, 0.4) is 0 Å². The molecule has 3 atom stereocenters. The zero-order valence-electron chi connectivity index (χ0n) is 6.52. The normalized spacial score (nSPS) is 53.4. The van der Waals surface area contributed by atoms with Crippen molar-refractivity contribution < 1.29 is 14.4 Å². The van der Waals surface area contributed by atoms with E-state index in [0.717, 1.165) is 19.7 Å². The van der Waals surface area contributed by atoms with E-state index in [1.54, 1.807) is 0 Å². The number of hydrogen-bond donors (Lipinski definition) is 1. The van der Waals surface area contributed by atoms with Crippen LogP contribution < -0.4 is 4.90 Å². The van der Waals surface area contributed by atoms with E-state index in [-0.39, 0.29) is 5.91 Å². The molecule has 1 unspecified atom stereocenters. The third-order valence-electron chi connectivity index (χ3n) is 2.38. The summed E-state index contributed by atoms with van der Waals surface area (Å²) in [6.45, 7) is 7.16. The van der Waals surface area contributed by atoms with Crippen molar-refractivity contribution in [3.8, 4) is 0 Å². The Bertz CT molecular complexity index is 151. The van der Waals surface area contributed by atoms with Gasteiger partial charge < -0.3 is 0 Å². The molecule has 0 aromatic carbocycles. The first kappa shape index (κ1) is 6.58. The van der Waals surface area contributed by atoms with Crippen LogP contribution in [0.5, 0.6) is 0 Å². The Morgan fingerprint density at radius 1 is 1.60 bits per heavy atom. The molecule has 0 aromatic heterocycles. The Kier molecular flexibility index (Phi) is 1.27. The quantitative estimate of drug-likeness (QED) is 0.471. The topological polar surface area (TPSA) is 22.9 Å². The van der Waals surface area contributed by atoms with Crippen molar-refractivity contribution >= 4 is 0 Å². The van der Waals surface area contributed by atoms with Crippen molar-refractivity contribution in [3.05, 3.63) is 0 Å². The van der Waals surface area contributed by atoms with Gasteiger partial charge in [0.15, 0.2) is 0 Å². The van der Waals surface area contributed by atoms with Gasteiger partial charge in [-0.15, -0.1) is 0 Å². The maximum atomic E-state index is 5.61. The maximum Gasteiger partial charge on any atom is 0.315 e. The first-order valence-electron chi connectivity index (χ1n) is 3.88. The monoisotopic (exact) mass is 144 g/mol. The van der Waals surface area contributed by atoms with Gasteiger partial charge in [0.25, 0.3) is 0 Å². The zero-order chi connectivity index (χ0) is 7.19. The molecule has 3 heteroatoms. The van der Waals surface area contributed by atoms with Crippen LogP contribution in [0, 0.1) is 0 Å². The van der Waals surface area contributed by atoms with Crippen LogP contribution in [-0.4, -0.2) is 31.7 Å². The minimum Gasteiger partial charge on any atom is -0.298 e. The summed E-state index contributed by atoms with van der Waals surface area (Å²) < 4.78 is 11.1. The van der Waals surface area contributed by atoms with Gasteiger partial charge in [-0.1, -0.05) is 0 Å². The van der Waals surface area contributed by atoms with E-state index in [1.165, 1.54) is 4.90 Å². The van der Waals surface area contributed by atoms with Crippen LogP contribution in [0.15, 0.2) is 0 Å². The summed E-state index contributed by atoms with van der Waals surface area (Å²) in [6, 6.07) is 0. The van der Waals surface area contributed by atoms with Crippen molar-refractivity contribution in [2.24, 2.45) is 0 Å². The van der Waals surface area contributed by atoms with E-state index in [1.807, 2.05) is 6.92 Å². The van der Waals surface area contributed by atoms with Crippen molar-refractivity contribution in [2.75, 3.05) is 19.7 Å².